The normalized spacial score (nSPS) is 15.1. The Morgan fingerprint density at radius 1 is 1.25 bits per heavy atom. The molecule has 1 atom stereocenters. The summed E-state index contributed by atoms with van der Waals surface area (Å²) in [6.45, 7) is 1.56. The predicted octanol–water partition coefficient (Wildman–Crippen LogP) is 3.27. The predicted molar refractivity (Wildman–Crippen MR) is 68.7 cm³/mol. The van der Waals surface area contributed by atoms with E-state index < -0.39 is 17.6 Å². The lowest BCUT2D eigenvalue weighted by molar-refractivity contribution is -0.159. The van der Waals surface area contributed by atoms with E-state index in [0.717, 1.165) is 10.0 Å². The second-order valence-electron chi connectivity index (χ2n) is 4.64. The lowest BCUT2D eigenvalue weighted by Crippen LogP contribution is -2.36. The Bertz CT molecular complexity index is 593. The van der Waals surface area contributed by atoms with Gasteiger partial charge in [-0.05, 0) is 31.0 Å². The van der Waals surface area contributed by atoms with Gasteiger partial charge in [0.2, 0.25) is 0 Å². The van der Waals surface area contributed by atoms with Gasteiger partial charge >= 0.3 is 12.1 Å². The molecular weight excluding hydrogens is 339 g/mol. The van der Waals surface area contributed by atoms with E-state index in [1.165, 1.54) is 0 Å². The van der Waals surface area contributed by atoms with Gasteiger partial charge in [-0.1, -0.05) is 33.2 Å². The summed E-state index contributed by atoms with van der Waals surface area (Å²) >= 11 is 3.30. The number of hydrogen-bond acceptors (Lipinski definition) is 4. The number of nitrogens with zero attached hydrogens (tertiary/aromatic N) is 2. The summed E-state index contributed by atoms with van der Waals surface area (Å²) < 4.78 is 42.4. The minimum absolute atomic E-state index is 0.173. The molecule has 0 saturated heterocycles. The van der Waals surface area contributed by atoms with Crippen molar-refractivity contribution < 1.29 is 17.7 Å². The maximum atomic E-state index is 12.4. The minimum Gasteiger partial charge on any atom is -0.329 e. The van der Waals surface area contributed by atoms with Crippen molar-refractivity contribution in [3.05, 3.63) is 46.0 Å². The topological polar surface area (TPSA) is 64.9 Å². The van der Waals surface area contributed by atoms with Crippen molar-refractivity contribution in [1.82, 2.24) is 10.1 Å². The smallest absolute Gasteiger partial charge is 0.329 e. The Balaban J connectivity index is 2.21. The van der Waals surface area contributed by atoms with Gasteiger partial charge in [-0.15, -0.1) is 0 Å². The van der Waals surface area contributed by atoms with Crippen molar-refractivity contribution in [3.8, 4) is 0 Å². The summed E-state index contributed by atoms with van der Waals surface area (Å²) in [5.74, 6) is -1.56. The van der Waals surface area contributed by atoms with Crippen LogP contribution in [-0.2, 0) is 18.1 Å². The van der Waals surface area contributed by atoms with Crippen LogP contribution in [0.25, 0.3) is 0 Å². The molecule has 0 aliphatic carbocycles. The molecular formula is C12H11BrF3N3O. The number of hydrogen-bond donors (Lipinski definition) is 1. The lowest BCUT2D eigenvalue weighted by Gasteiger charge is -2.20. The first-order valence-corrected chi connectivity index (χ1v) is 6.42. The first-order chi connectivity index (χ1) is 9.18. The van der Waals surface area contributed by atoms with Crippen LogP contribution in [0.3, 0.4) is 0 Å². The molecule has 0 saturated carbocycles. The molecule has 1 heterocycles. The highest BCUT2D eigenvalue weighted by molar-refractivity contribution is 9.10. The molecule has 8 heteroatoms. The highest BCUT2D eigenvalue weighted by Crippen LogP contribution is 2.29. The highest BCUT2D eigenvalue weighted by atomic mass is 79.9. The molecule has 0 radical (unpaired) electrons. The highest BCUT2D eigenvalue weighted by Gasteiger charge is 2.40. The Labute approximate surface area is 121 Å². The molecule has 2 aromatic rings. The number of alkyl halides is 3. The van der Waals surface area contributed by atoms with Gasteiger partial charge in [0, 0.05) is 4.47 Å². The fraction of sp³-hybridized carbons (Fsp3) is 0.333. The molecule has 0 spiro atoms. The third-order valence-electron chi connectivity index (χ3n) is 2.66. The Morgan fingerprint density at radius 3 is 2.35 bits per heavy atom. The maximum absolute atomic E-state index is 12.4. The van der Waals surface area contributed by atoms with Crippen LogP contribution in [0, 0.1) is 0 Å². The third-order valence-corrected chi connectivity index (χ3v) is 3.19. The van der Waals surface area contributed by atoms with Gasteiger partial charge in [-0.3, -0.25) is 0 Å². The van der Waals surface area contributed by atoms with Crippen molar-refractivity contribution >= 4 is 15.9 Å². The van der Waals surface area contributed by atoms with Crippen molar-refractivity contribution in [2.24, 2.45) is 5.73 Å². The molecule has 1 aromatic heterocycles. The molecule has 2 rings (SSSR count). The summed E-state index contributed by atoms with van der Waals surface area (Å²) in [6, 6.07) is 7.28. The van der Waals surface area contributed by atoms with E-state index in [1.807, 2.05) is 24.3 Å². The van der Waals surface area contributed by atoms with Gasteiger partial charge in [0.15, 0.2) is 5.82 Å². The standard InChI is InChI=1S/C12H11BrF3N3O/c1-11(17,6-7-2-4-8(13)5-3-7)9-18-10(20-19-9)12(14,15)16/h2-5H,6,17H2,1H3. The monoisotopic (exact) mass is 349 g/mol. The van der Waals surface area contributed by atoms with Crippen LogP contribution in [0.2, 0.25) is 0 Å². The van der Waals surface area contributed by atoms with Gasteiger partial charge in [-0.25, -0.2) is 0 Å². The molecule has 4 nitrogen and oxygen atoms in total. The van der Waals surface area contributed by atoms with Crippen molar-refractivity contribution in [2.45, 2.75) is 25.1 Å². The Hall–Kier alpha value is -1.41. The molecule has 0 aliphatic rings. The van der Waals surface area contributed by atoms with Crippen LogP contribution in [0.4, 0.5) is 13.2 Å². The Morgan fingerprint density at radius 2 is 1.85 bits per heavy atom. The quantitative estimate of drug-likeness (QED) is 0.923. The molecule has 2 N–H and O–H groups in total. The van der Waals surface area contributed by atoms with Crippen molar-refractivity contribution in [2.75, 3.05) is 0 Å². The van der Waals surface area contributed by atoms with Crippen LogP contribution >= 0.6 is 15.9 Å². The SMILES string of the molecule is CC(N)(Cc1ccc(Br)cc1)c1noc(C(F)(F)F)n1. The number of benzene rings is 1. The first-order valence-electron chi connectivity index (χ1n) is 5.63. The summed E-state index contributed by atoms with van der Waals surface area (Å²) in [5.41, 5.74) is 5.71. The molecule has 0 fully saturated rings. The van der Waals surface area contributed by atoms with Gasteiger partial charge in [-0.2, -0.15) is 18.2 Å². The van der Waals surface area contributed by atoms with Crippen molar-refractivity contribution in [1.29, 1.82) is 0 Å². The largest absolute Gasteiger partial charge is 0.471 e. The molecule has 1 aromatic carbocycles. The van der Waals surface area contributed by atoms with E-state index in [4.69, 9.17) is 5.73 Å². The van der Waals surface area contributed by atoms with E-state index >= 15 is 0 Å². The van der Waals surface area contributed by atoms with Gasteiger partial charge in [0.25, 0.3) is 0 Å². The van der Waals surface area contributed by atoms with Gasteiger partial charge < -0.3 is 10.3 Å². The van der Waals surface area contributed by atoms with E-state index in [-0.39, 0.29) is 12.2 Å². The fourth-order valence-corrected chi connectivity index (χ4v) is 1.94. The summed E-state index contributed by atoms with van der Waals surface area (Å²) in [6.07, 6.45) is -4.38. The third kappa shape index (κ3) is 3.37. The van der Waals surface area contributed by atoms with Gasteiger partial charge in [0.05, 0.1) is 5.54 Å². The number of halogens is 4. The van der Waals surface area contributed by atoms with Crippen LogP contribution in [0.5, 0.6) is 0 Å². The molecule has 0 amide bonds. The van der Waals surface area contributed by atoms with E-state index in [2.05, 4.69) is 30.6 Å². The number of aromatic nitrogens is 2. The molecule has 20 heavy (non-hydrogen) atoms. The van der Waals surface area contributed by atoms with E-state index in [0.29, 0.717) is 0 Å². The van der Waals surface area contributed by atoms with Crippen LogP contribution in [0.15, 0.2) is 33.3 Å². The van der Waals surface area contributed by atoms with Crippen LogP contribution in [-0.4, -0.2) is 10.1 Å². The summed E-state index contributed by atoms with van der Waals surface area (Å²) in [4.78, 5) is 3.33. The second-order valence-corrected chi connectivity index (χ2v) is 5.56. The zero-order valence-electron chi connectivity index (χ0n) is 10.4. The molecule has 108 valence electrons. The van der Waals surface area contributed by atoms with E-state index in [1.54, 1.807) is 6.92 Å². The number of nitrogens with two attached hydrogens (primary N) is 1. The van der Waals surface area contributed by atoms with Crippen LogP contribution < -0.4 is 5.73 Å². The van der Waals surface area contributed by atoms with E-state index in [9.17, 15) is 13.2 Å². The summed E-state index contributed by atoms with van der Waals surface area (Å²) in [5, 5.41) is 3.33. The van der Waals surface area contributed by atoms with Gasteiger partial charge in [0.1, 0.15) is 0 Å². The lowest BCUT2D eigenvalue weighted by atomic mass is 9.93. The average molecular weight is 350 g/mol. The number of rotatable bonds is 3. The molecule has 0 aliphatic heterocycles. The maximum Gasteiger partial charge on any atom is 0.471 e. The van der Waals surface area contributed by atoms with Crippen molar-refractivity contribution in [3.63, 3.8) is 0 Å². The Kier molecular flexibility index (Phi) is 3.88. The zero-order chi connectivity index (χ0) is 15.0. The zero-order valence-corrected chi connectivity index (χ0v) is 12.0. The average Bonchev–Trinajstić information content (AvgIpc) is 2.82. The second kappa shape index (κ2) is 5.17. The molecule has 1 unspecified atom stereocenters. The minimum atomic E-state index is -4.67. The fourth-order valence-electron chi connectivity index (χ4n) is 1.68. The summed E-state index contributed by atoms with van der Waals surface area (Å²) in [7, 11) is 0. The molecule has 0 bridgehead atoms. The first kappa shape index (κ1) is 15.0. The van der Waals surface area contributed by atoms with Crippen LogP contribution in [0.1, 0.15) is 24.2 Å².